The van der Waals surface area contributed by atoms with Gasteiger partial charge in [-0.25, -0.2) is 4.79 Å². The normalized spacial score (nSPS) is 11.7. The highest BCUT2D eigenvalue weighted by atomic mass is 16.6. The summed E-state index contributed by atoms with van der Waals surface area (Å²) < 4.78 is 5.56. The predicted octanol–water partition coefficient (Wildman–Crippen LogP) is 10.8. The molecular weight excluding hydrogens is 480 g/mol. The molecule has 230 valence electrons. The topological polar surface area (TPSA) is 41.6 Å². The first-order valence-corrected chi connectivity index (χ1v) is 17.1. The van der Waals surface area contributed by atoms with Crippen LogP contribution in [0.15, 0.2) is 24.3 Å². The second-order valence-electron chi connectivity index (χ2n) is 11.3. The highest BCUT2D eigenvalue weighted by Gasteiger charge is 2.14. The van der Waals surface area contributed by atoms with Crippen molar-refractivity contribution in [3.05, 3.63) is 24.3 Å². The summed E-state index contributed by atoms with van der Waals surface area (Å²) in [6.45, 7) is 7.63. The number of carbonyl (C=O) groups excluding carboxylic acids is 1. The number of rotatable bonds is 30. The summed E-state index contributed by atoms with van der Waals surface area (Å²) >= 11 is 0. The number of hydrogen-bond donors (Lipinski definition) is 1. The van der Waals surface area contributed by atoms with Crippen molar-refractivity contribution in [2.45, 2.75) is 162 Å². The van der Waals surface area contributed by atoms with Crippen LogP contribution in [-0.2, 0) is 4.74 Å². The molecule has 0 aromatic heterocycles. The molecule has 0 aliphatic carbocycles. The van der Waals surface area contributed by atoms with Crippen LogP contribution in [0.25, 0.3) is 0 Å². The van der Waals surface area contributed by atoms with E-state index < -0.39 is 0 Å². The summed E-state index contributed by atoms with van der Waals surface area (Å²) in [4.78, 5) is 14.6. The average molecular weight is 549 g/mol. The van der Waals surface area contributed by atoms with Gasteiger partial charge in [0.2, 0.25) is 0 Å². The average Bonchev–Trinajstić information content (AvgIpc) is 2.94. The summed E-state index contributed by atoms with van der Waals surface area (Å²) in [7, 11) is 1.94. The van der Waals surface area contributed by atoms with Crippen molar-refractivity contribution in [3.8, 4) is 0 Å². The van der Waals surface area contributed by atoms with E-state index in [1.165, 1.54) is 122 Å². The molecule has 0 fully saturated rings. The Morgan fingerprint density at radius 1 is 0.590 bits per heavy atom. The molecule has 0 radical (unpaired) electrons. The molecule has 4 heteroatoms. The third-order valence-corrected chi connectivity index (χ3v) is 7.47. The van der Waals surface area contributed by atoms with Crippen molar-refractivity contribution in [1.82, 2.24) is 10.2 Å². The molecule has 0 aliphatic heterocycles. The Balaban J connectivity index is 3.92. The van der Waals surface area contributed by atoms with Gasteiger partial charge in [0, 0.05) is 13.1 Å². The van der Waals surface area contributed by atoms with Gasteiger partial charge in [0.1, 0.15) is 0 Å². The number of hydrogen-bond acceptors (Lipinski definition) is 3. The van der Waals surface area contributed by atoms with E-state index in [-0.39, 0.29) is 6.09 Å². The molecule has 0 aromatic rings. The molecule has 0 saturated carbocycles. The van der Waals surface area contributed by atoms with Crippen molar-refractivity contribution in [1.29, 1.82) is 0 Å². The van der Waals surface area contributed by atoms with Gasteiger partial charge < -0.3 is 15.0 Å². The maximum absolute atomic E-state index is 12.7. The summed E-state index contributed by atoms with van der Waals surface area (Å²) in [6.07, 6.45) is 38.3. The van der Waals surface area contributed by atoms with E-state index in [0.29, 0.717) is 6.61 Å². The number of amides is 1. The largest absolute Gasteiger partial charge is 0.449 e. The molecule has 0 saturated heterocycles. The molecule has 0 rings (SSSR count). The monoisotopic (exact) mass is 549 g/mol. The lowest BCUT2D eigenvalue weighted by atomic mass is 10.1. The van der Waals surface area contributed by atoms with Crippen LogP contribution in [0.2, 0.25) is 0 Å². The van der Waals surface area contributed by atoms with Gasteiger partial charge in [-0.1, -0.05) is 134 Å². The molecule has 0 unspecified atom stereocenters. The molecule has 0 bridgehead atoms. The van der Waals surface area contributed by atoms with Gasteiger partial charge in [-0.05, 0) is 65.0 Å². The van der Waals surface area contributed by atoms with Crippen LogP contribution in [0.1, 0.15) is 162 Å². The first kappa shape index (κ1) is 37.7. The lowest BCUT2D eigenvalue weighted by Crippen LogP contribution is -2.34. The number of nitrogens with one attached hydrogen (secondary N) is 1. The first-order chi connectivity index (χ1) is 19.3. The third kappa shape index (κ3) is 29.5. The van der Waals surface area contributed by atoms with Gasteiger partial charge in [0.05, 0.1) is 6.61 Å². The summed E-state index contributed by atoms with van der Waals surface area (Å²) in [6, 6.07) is 0. The van der Waals surface area contributed by atoms with Crippen molar-refractivity contribution in [2.75, 3.05) is 33.3 Å². The van der Waals surface area contributed by atoms with Crippen molar-refractivity contribution < 1.29 is 9.53 Å². The standard InChI is InChI=1S/C35H68N2O2/c1-4-6-8-10-12-14-16-17-18-19-20-21-23-25-27-29-33-37(35(38)39-34-30-31-36-3)32-28-26-24-22-15-13-11-9-7-5-2/h12,14,17-18,36H,4-11,13,15-16,19-34H2,1-3H3/b14-12-,18-17-. The predicted molar refractivity (Wildman–Crippen MR) is 173 cm³/mol. The highest BCUT2D eigenvalue weighted by Crippen LogP contribution is 2.13. The molecule has 39 heavy (non-hydrogen) atoms. The van der Waals surface area contributed by atoms with Gasteiger partial charge in [0.15, 0.2) is 0 Å². The number of carbonyl (C=O) groups is 1. The summed E-state index contributed by atoms with van der Waals surface area (Å²) in [5.41, 5.74) is 0. The van der Waals surface area contributed by atoms with E-state index in [1.807, 2.05) is 11.9 Å². The van der Waals surface area contributed by atoms with Gasteiger partial charge in [-0.2, -0.15) is 0 Å². The summed E-state index contributed by atoms with van der Waals surface area (Å²) in [5, 5.41) is 3.12. The highest BCUT2D eigenvalue weighted by molar-refractivity contribution is 5.67. The SMILES string of the molecule is CCCCC/C=C\C/C=C\CCCCCCCCN(CCCCCCCCCCCC)C(=O)OCCCNC. The maximum atomic E-state index is 12.7. The molecule has 4 nitrogen and oxygen atoms in total. The van der Waals surface area contributed by atoms with Crippen LogP contribution in [0.3, 0.4) is 0 Å². The van der Waals surface area contributed by atoms with Crippen LogP contribution in [0.5, 0.6) is 0 Å². The van der Waals surface area contributed by atoms with E-state index in [9.17, 15) is 4.79 Å². The number of ether oxygens (including phenoxy) is 1. The van der Waals surface area contributed by atoms with Gasteiger partial charge in [0.25, 0.3) is 0 Å². The Kier molecular flexibility index (Phi) is 31.8. The van der Waals surface area contributed by atoms with Gasteiger partial charge in [-0.3, -0.25) is 0 Å². The Labute approximate surface area is 244 Å². The molecule has 0 aromatic carbocycles. The smallest absolute Gasteiger partial charge is 0.409 e. The van der Waals surface area contributed by atoms with Crippen LogP contribution >= 0.6 is 0 Å². The first-order valence-electron chi connectivity index (χ1n) is 17.1. The Hall–Kier alpha value is -1.29. The quantitative estimate of drug-likeness (QED) is 0.0717. The Morgan fingerprint density at radius 2 is 1.03 bits per heavy atom. The third-order valence-electron chi connectivity index (χ3n) is 7.47. The summed E-state index contributed by atoms with van der Waals surface area (Å²) in [5.74, 6) is 0. The minimum absolute atomic E-state index is 0.107. The fourth-order valence-electron chi connectivity index (χ4n) is 4.88. The van der Waals surface area contributed by atoms with Gasteiger partial charge in [-0.15, -0.1) is 0 Å². The number of allylic oxidation sites excluding steroid dienone is 4. The number of unbranched alkanes of at least 4 members (excludes halogenated alkanes) is 18. The van der Waals surface area contributed by atoms with Crippen molar-refractivity contribution in [2.24, 2.45) is 0 Å². The van der Waals surface area contributed by atoms with Crippen molar-refractivity contribution >= 4 is 6.09 Å². The van der Waals surface area contributed by atoms with Gasteiger partial charge >= 0.3 is 6.09 Å². The van der Waals surface area contributed by atoms with E-state index in [2.05, 4.69) is 43.5 Å². The zero-order valence-corrected chi connectivity index (χ0v) is 26.7. The zero-order chi connectivity index (χ0) is 28.5. The van der Waals surface area contributed by atoms with Crippen LogP contribution in [0, 0.1) is 0 Å². The van der Waals surface area contributed by atoms with E-state index in [4.69, 9.17) is 4.74 Å². The number of nitrogens with zero attached hydrogens (tertiary/aromatic N) is 1. The van der Waals surface area contributed by atoms with E-state index in [0.717, 1.165) is 45.3 Å². The van der Waals surface area contributed by atoms with E-state index >= 15 is 0 Å². The fraction of sp³-hybridized carbons (Fsp3) is 0.857. The minimum Gasteiger partial charge on any atom is -0.449 e. The fourth-order valence-corrected chi connectivity index (χ4v) is 4.88. The second-order valence-corrected chi connectivity index (χ2v) is 11.3. The lowest BCUT2D eigenvalue weighted by Gasteiger charge is -2.22. The Bertz CT molecular complexity index is 547. The van der Waals surface area contributed by atoms with Crippen molar-refractivity contribution in [3.63, 3.8) is 0 Å². The maximum Gasteiger partial charge on any atom is 0.409 e. The van der Waals surface area contributed by atoms with Crippen LogP contribution in [-0.4, -0.2) is 44.3 Å². The minimum atomic E-state index is -0.107. The molecule has 1 amide bonds. The van der Waals surface area contributed by atoms with Crippen LogP contribution in [0.4, 0.5) is 4.79 Å². The molecular formula is C35H68N2O2. The lowest BCUT2D eigenvalue weighted by molar-refractivity contribution is 0.0997. The molecule has 0 aliphatic rings. The second kappa shape index (κ2) is 32.9. The zero-order valence-electron chi connectivity index (χ0n) is 26.7. The Morgan fingerprint density at radius 3 is 1.54 bits per heavy atom. The molecule has 0 heterocycles. The molecule has 0 spiro atoms. The molecule has 0 atom stereocenters. The van der Waals surface area contributed by atoms with Crippen LogP contribution < -0.4 is 5.32 Å². The van der Waals surface area contributed by atoms with E-state index in [1.54, 1.807) is 0 Å². The molecule has 1 N–H and O–H groups in total.